The van der Waals surface area contributed by atoms with Crippen molar-refractivity contribution in [3.05, 3.63) is 24.3 Å². The van der Waals surface area contributed by atoms with Crippen LogP contribution in [0.4, 0.5) is 5.69 Å². The summed E-state index contributed by atoms with van der Waals surface area (Å²) in [5.74, 6) is 1.01. The Kier molecular flexibility index (Phi) is 6.78. The molecule has 0 radical (unpaired) electrons. The number of ether oxygens (including phenoxy) is 2. The number of benzene rings is 1. The highest BCUT2D eigenvalue weighted by Gasteiger charge is 2.39. The third-order valence-electron chi connectivity index (χ3n) is 5.93. The molecule has 0 aliphatic carbocycles. The lowest BCUT2D eigenvalue weighted by molar-refractivity contribution is -0.147. The molecule has 0 unspecified atom stereocenters. The molecule has 2 saturated heterocycles. The van der Waals surface area contributed by atoms with Gasteiger partial charge in [-0.2, -0.15) is 0 Å². The fraction of sp³-hybridized carbons (Fsp3) is 0.619. The van der Waals surface area contributed by atoms with E-state index in [0.717, 1.165) is 24.5 Å². The summed E-state index contributed by atoms with van der Waals surface area (Å²) in [5, 5.41) is 0. The molecule has 2 atom stereocenters. The first-order valence-corrected chi connectivity index (χ1v) is 10.0. The number of methoxy groups -OCH3 is 2. The number of piperazine rings is 1. The molecule has 2 amide bonds. The number of hydrogen-bond donors (Lipinski definition) is 0. The van der Waals surface area contributed by atoms with Crippen LogP contribution in [0.2, 0.25) is 0 Å². The number of piperidine rings is 1. The van der Waals surface area contributed by atoms with Crippen LogP contribution >= 0.6 is 0 Å². The normalized spacial score (nSPS) is 23.1. The van der Waals surface area contributed by atoms with Gasteiger partial charge in [0.1, 0.15) is 5.75 Å². The number of hydrogen-bond acceptors (Lipinski definition) is 5. The Labute approximate surface area is 167 Å². The standard InChI is InChI=1S/C21H31N3O4/c1-16-19(7-8-20(25)24(16)13-14-27-2)21(26)23-11-9-22(10-12-23)17-5-4-6-18(15-17)28-3/h4-6,15-16,19H,7-14H2,1-3H3/t16-,19-/m1/s1. The second kappa shape index (κ2) is 9.28. The first-order chi connectivity index (χ1) is 13.5. The van der Waals surface area contributed by atoms with Crippen molar-refractivity contribution in [2.75, 3.05) is 58.5 Å². The molecule has 1 aromatic rings. The number of carbonyl (C=O) groups excluding carboxylic acids is 2. The predicted octanol–water partition coefficient (Wildman–Crippen LogP) is 1.62. The van der Waals surface area contributed by atoms with Gasteiger partial charge in [0.25, 0.3) is 0 Å². The lowest BCUT2D eigenvalue weighted by Gasteiger charge is -2.42. The third-order valence-corrected chi connectivity index (χ3v) is 5.93. The van der Waals surface area contributed by atoms with Crippen LogP contribution in [-0.2, 0) is 14.3 Å². The molecular weight excluding hydrogens is 358 g/mol. The van der Waals surface area contributed by atoms with Gasteiger partial charge in [0.05, 0.1) is 19.6 Å². The molecule has 0 bridgehead atoms. The molecule has 28 heavy (non-hydrogen) atoms. The average molecular weight is 389 g/mol. The average Bonchev–Trinajstić information content (AvgIpc) is 2.73. The summed E-state index contributed by atoms with van der Waals surface area (Å²) < 4.78 is 10.4. The Morgan fingerprint density at radius 3 is 2.61 bits per heavy atom. The van der Waals surface area contributed by atoms with Gasteiger partial charge in [0.2, 0.25) is 11.8 Å². The molecule has 154 valence electrons. The van der Waals surface area contributed by atoms with E-state index in [4.69, 9.17) is 9.47 Å². The minimum absolute atomic E-state index is 0.0830. The van der Waals surface area contributed by atoms with Crippen molar-refractivity contribution in [1.29, 1.82) is 0 Å². The summed E-state index contributed by atoms with van der Waals surface area (Å²) in [6, 6.07) is 7.94. The van der Waals surface area contributed by atoms with E-state index in [9.17, 15) is 9.59 Å². The number of rotatable bonds is 6. The molecule has 2 aliphatic heterocycles. The van der Waals surface area contributed by atoms with Gasteiger partial charge in [0, 0.05) is 64.0 Å². The Balaban J connectivity index is 1.59. The summed E-state index contributed by atoms with van der Waals surface area (Å²) in [4.78, 5) is 31.4. The summed E-state index contributed by atoms with van der Waals surface area (Å²) in [6.45, 7) is 6.02. The van der Waals surface area contributed by atoms with E-state index in [1.165, 1.54) is 0 Å². The van der Waals surface area contributed by atoms with Gasteiger partial charge in [-0.3, -0.25) is 9.59 Å². The van der Waals surface area contributed by atoms with Crippen molar-refractivity contribution in [3.63, 3.8) is 0 Å². The monoisotopic (exact) mass is 389 g/mol. The van der Waals surface area contributed by atoms with E-state index in [2.05, 4.69) is 11.0 Å². The molecule has 2 aliphatic rings. The largest absolute Gasteiger partial charge is 0.497 e. The lowest BCUT2D eigenvalue weighted by Crippen LogP contribution is -2.56. The molecule has 3 rings (SSSR count). The van der Waals surface area contributed by atoms with Gasteiger partial charge in [-0.05, 0) is 25.5 Å². The smallest absolute Gasteiger partial charge is 0.227 e. The molecular formula is C21H31N3O4. The molecule has 7 nitrogen and oxygen atoms in total. The highest BCUT2D eigenvalue weighted by molar-refractivity contribution is 5.84. The molecule has 0 N–H and O–H groups in total. The van der Waals surface area contributed by atoms with Gasteiger partial charge in [-0.15, -0.1) is 0 Å². The van der Waals surface area contributed by atoms with E-state index < -0.39 is 0 Å². The van der Waals surface area contributed by atoms with Crippen molar-refractivity contribution in [2.24, 2.45) is 5.92 Å². The van der Waals surface area contributed by atoms with Crippen LogP contribution in [0, 0.1) is 5.92 Å². The van der Waals surface area contributed by atoms with Crippen molar-refractivity contribution >= 4 is 17.5 Å². The summed E-state index contributed by atoms with van der Waals surface area (Å²) in [7, 11) is 3.30. The first kappa shape index (κ1) is 20.5. The highest BCUT2D eigenvalue weighted by Crippen LogP contribution is 2.27. The van der Waals surface area contributed by atoms with Gasteiger partial charge in [-0.1, -0.05) is 6.07 Å². The SMILES string of the molecule is COCCN1C(=O)CC[C@@H](C(=O)N2CCN(c3cccc(OC)c3)CC2)[C@H]1C. The van der Waals surface area contributed by atoms with Gasteiger partial charge < -0.3 is 24.2 Å². The van der Waals surface area contributed by atoms with Crippen LogP contribution in [0.3, 0.4) is 0 Å². The zero-order chi connectivity index (χ0) is 20.1. The van der Waals surface area contributed by atoms with E-state index in [1.807, 2.05) is 34.9 Å². The summed E-state index contributed by atoms with van der Waals surface area (Å²) in [6.07, 6.45) is 1.08. The topological polar surface area (TPSA) is 62.3 Å². The van der Waals surface area contributed by atoms with Crippen LogP contribution < -0.4 is 9.64 Å². The van der Waals surface area contributed by atoms with Crippen LogP contribution in [-0.4, -0.2) is 81.2 Å². The van der Waals surface area contributed by atoms with Gasteiger partial charge in [0.15, 0.2) is 0 Å². The Morgan fingerprint density at radius 1 is 1.18 bits per heavy atom. The van der Waals surface area contributed by atoms with E-state index in [1.54, 1.807) is 14.2 Å². The van der Waals surface area contributed by atoms with Crippen molar-refractivity contribution in [1.82, 2.24) is 9.80 Å². The molecule has 1 aromatic carbocycles. The number of nitrogens with zero attached hydrogens (tertiary/aromatic N) is 3. The number of likely N-dealkylation sites (tertiary alicyclic amines) is 1. The molecule has 2 fully saturated rings. The van der Waals surface area contributed by atoms with Crippen LogP contribution in [0.5, 0.6) is 5.75 Å². The fourth-order valence-corrected chi connectivity index (χ4v) is 4.18. The van der Waals surface area contributed by atoms with Gasteiger partial charge in [-0.25, -0.2) is 0 Å². The summed E-state index contributed by atoms with van der Waals surface area (Å²) in [5.41, 5.74) is 1.12. The van der Waals surface area contributed by atoms with Crippen molar-refractivity contribution in [3.8, 4) is 5.75 Å². The van der Waals surface area contributed by atoms with Crippen molar-refractivity contribution in [2.45, 2.75) is 25.8 Å². The number of anilines is 1. The van der Waals surface area contributed by atoms with E-state index >= 15 is 0 Å². The minimum Gasteiger partial charge on any atom is -0.497 e. The maximum atomic E-state index is 13.2. The maximum Gasteiger partial charge on any atom is 0.227 e. The molecule has 2 heterocycles. The molecule has 7 heteroatoms. The Bertz CT molecular complexity index is 688. The second-order valence-electron chi connectivity index (χ2n) is 7.48. The molecule has 0 spiro atoms. The lowest BCUT2D eigenvalue weighted by atomic mass is 9.88. The zero-order valence-corrected chi connectivity index (χ0v) is 17.1. The number of carbonyl (C=O) groups is 2. The second-order valence-corrected chi connectivity index (χ2v) is 7.48. The van der Waals surface area contributed by atoms with E-state index in [-0.39, 0.29) is 23.8 Å². The van der Waals surface area contributed by atoms with Crippen molar-refractivity contribution < 1.29 is 19.1 Å². The predicted molar refractivity (Wildman–Crippen MR) is 108 cm³/mol. The maximum absolute atomic E-state index is 13.2. The van der Waals surface area contributed by atoms with Crippen LogP contribution in [0.15, 0.2) is 24.3 Å². The molecule has 0 aromatic heterocycles. The number of amides is 2. The highest BCUT2D eigenvalue weighted by atomic mass is 16.5. The minimum atomic E-state index is -0.127. The zero-order valence-electron chi connectivity index (χ0n) is 17.1. The van der Waals surface area contributed by atoms with Crippen LogP contribution in [0.1, 0.15) is 19.8 Å². The Hall–Kier alpha value is -2.28. The van der Waals surface area contributed by atoms with Gasteiger partial charge >= 0.3 is 0 Å². The Morgan fingerprint density at radius 2 is 1.93 bits per heavy atom. The third kappa shape index (κ3) is 4.41. The fourth-order valence-electron chi connectivity index (χ4n) is 4.18. The quantitative estimate of drug-likeness (QED) is 0.740. The molecule has 0 saturated carbocycles. The first-order valence-electron chi connectivity index (χ1n) is 10.0. The van der Waals surface area contributed by atoms with Crippen LogP contribution in [0.25, 0.3) is 0 Å². The summed E-state index contributed by atoms with van der Waals surface area (Å²) >= 11 is 0. The van der Waals surface area contributed by atoms with E-state index in [0.29, 0.717) is 39.1 Å².